The summed E-state index contributed by atoms with van der Waals surface area (Å²) in [5.41, 5.74) is 1.31. The topological polar surface area (TPSA) is 0 Å². The molecule has 0 atom stereocenters. The molecule has 0 heterocycles. The summed E-state index contributed by atoms with van der Waals surface area (Å²) in [6.07, 6.45) is 5.17. The third kappa shape index (κ3) is 2.80. The van der Waals surface area contributed by atoms with Gasteiger partial charge >= 0.3 is 73.8 Å². The van der Waals surface area contributed by atoms with Crippen LogP contribution in [0, 0.1) is 19.3 Å². The maximum absolute atomic E-state index is 5.17. The van der Waals surface area contributed by atoms with Crippen LogP contribution < -0.4 is 4.46 Å². The maximum atomic E-state index is 5.17. The van der Waals surface area contributed by atoms with Gasteiger partial charge in [-0.2, -0.15) is 0 Å². The average molecular weight is 209 g/mol. The Hall–Kier alpha value is -0.701. The zero-order valence-electron chi connectivity index (χ0n) is 6.50. The second kappa shape index (κ2) is 4.23. The molecule has 0 unspecified atom stereocenters. The molecule has 0 saturated carbocycles. The molecule has 0 bridgehead atoms. The Balaban J connectivity index is 2.60. The molecule has 0 fully saturated rings. The minimum atomic E-state index is 0.475. The summed E-state index contributed by atoms with van der Waals surface area (Å²) < 4.78 is 1.39. The molecule has 1 aromatic rings. The molecule has 0 aliphatic rings. The van der Waals surface area contributed by atoms with Gasteiger partial charge in [-0.3, -0.25) is 0 Å². The van der Waals surface area contributed by atoms with Crippen LogP contribution in [-0.2, 0) is 0 Å². The molecule has 1 rings (SSSR count). The van der Waals surface area contributed by atoms with Crippen molar-refractivity contribution in [2.24, 2.45) is 0 Å². The molecule has 0 aliphatic carbocycles. The summed E-state index contributed by atoms with van der Waals surface area (Å²) in [7, 11) is 0. The van der Waals surface area contributed by atoms with Crippen LogP contribution in [-0.4, -0.2) is 15.0 Å². The van der Waals surface area contributed by atoms with Gasteiger partial charge in [-0.25, -0.2) is 0 Å². The SMILES string of the molecule is C#CC[Se]c1ccc(C)cc1. The van der Waals surface area contributed by atoms with E-state index >= 15 is 0 Å². The van der Waals surface area contributed by atoms with Crippen molar-refractivity contribution in [3.8, 4) is 12.3 Å². The molecule has 0 aromatic heterocycles. The Bertz CT molecular complexity index is 253. The summed E-state index contributed by atoms with van der Waals surface area (Å²) in [6.45, 7) is 2.10. The van der Waals surface area contributed by atoms with Crippen LogP contribution in [0.15, 0.2) is 24.3 Å². The quantitative estimate of drug-likeness (QED) is 0.510. The molecule has 0 saturated heterocycles. The number of hydrogen-bond donors (Lipinski definition) is 0. The monoisotopic (exact) mass is 210 g/mol. The zero-order valence-corrected chi connectivity index (χ0v) is 8.22. The Labute approximate surface area is 74.2 Å². The molecule has 11 heavy (non-hydrogen) atoms. The van der Waals surface area contributed by atoms with Gasteiger partial charge in [0.2, 0.25) is 0 Å². The molecule has 0 spiro atoms. The van der Waals surface area contributed by atoms with Gasteiger partial charge in [0.05, 0.1) is 0 Å². The first kappa shape index (κ1) is 8.40. The van der Waals surface area contributed by atoms with Crippen molar-refractivity contribution >= 4 is 19.4 Å². The van der Waals surface area contributed by atoms with E-state index in [1.165, 1.54) is 10.0 Å². The summed E-state index contributed by atoms with van der Waals surface area (Å²) in [5, 5.41) is 0.899. The Morgan fingerprint density at radius 1 is 1.36 bits per heavy atom. The number of aryl methyl sites for hydroxylation is 1. The van der Waals surface area contributed by atoms with Crippen LogP contribution in [0.4, 0.5) is 0 Å². The minimum absolute atomic E-state index is 0.475. The van der Waals surface area contributed by atoms with Crippen LogP contribution in [0.25, 0.3) is 0 Å². The summed E-state index contributed by atoms with van der Waals surface area (Å²) in [4.78, 5) is 0. The summed E-state index contributed by atoms with van der Waals surface area (Å²) >= 11 is 0.475. The van der Waals surface area contributed by atoms with E-state index in [9.17, 15) is 0 Å². The van der Waals surface area contributed by atoms with Gasteiger partial charge in [0.25, 0.3) is 0 Å². The third-order valence-electron chi connectivity index (χ3n) is 1.34. The van der Waals surface area contributed by atoms with Crippen LogP contribution in [0.5, 0.6) is 0 Å². The molecular weight excluding hydrogens is 199 g/mol. The molecular formula is C10H10Se. The normalized spacial score (nSPS) is 9.09. The first-order chi connectivity index (χ1) is 5.33. The van der Waals surface area contributed by atoms with Gasteiger partial charge in [0, 0.05) is 0 Å². The first-order valence-electron chi connectivity index (χ1n) is 3.46. The molecule has 0 amide bonds. The van der Waals surface area contributed by atoms with Gasteiger partial charge in [-0.05, 0) is 0 Å². The molecule has 0 N–H and O–H groups in total. The fraction of sp³-hybridized carbons (Fsp3) is 0.200. The van der Waals surface area contributed by atoms with Crippen LogP contribution in [0.1, 0.15) is 5.56 Å². The van der Waals surface area contributed by atoms with E-state index in [0.717, 1.165) is 5.32 Å². The molecule has 0 radical (unpaired) electrons. The number of terminal acetylenes is 1. The van der Waals surface area contributed by atoms with Gasteiger partial charge in [0.1, 0.15) is 0 Å². The van der Waals surface area contributed by atoms with E-state index in [4.69, 9.17) is 6.42 Å². The van der Waals surface area contributed by atoms with Crippen molar-refractivity contribution in [3.63, 3.8) is 0 Å². The van der Waals surface area contributed by atoms with Crippen LogP contribution in [0.3, 0.4) is 0 Å². The van der Waals surface area contributed by atoms with Crippen LogP contribution in [0.2, 0.25) is 5.32 Å². The molecule has 56 valence electrons. The Morgan fingerprint density at radius 2 is 2.00 bits per heavy atom. The van der Waals surface area contributed by atoms with Gasteiger partial charge < -0.3 is 0 Å². The van der Waals surface area contributed by atoms with E-state index < -0.39 is 0 Å². The number of hydrogen-bond acceptors (Lipinski definition) is 0. The van der Waals surface area contributed by atoms with E-state index in [0.29, 0.717) is 15.0 Å². The Morgan fingerprint density at radius 3 is 2.55 bits per heavy atom. The van der Waals surface area contributed by atoms with Crippen molar-refractivity contribution in [2.45, 2.75) is 12.2 Å². The summed E-state index contributed by atoms with van der Waals surface area (Å²) in [5.74, 6) is 2.66. The van der Waals surface area contributed by atoms with Gasteiger partial charge in [-0.1, -0.05) is 0 Å². The second-order valence-electron chi connectivity index (χ2n) is 2.31. The molecule has 0 nitrogen and oxygen atoms in total. The zero-order chi connectivity index (χ0) is 8.10. The van der Waals surface area contributed by atoms with Crippen molar-refractivity contribution in [1.82, 2.24) is 0 Å². The van der Waals surface area contributed by atoms with Crippen molar-refractivity contribution < 1.29 is 0 Å². The second-order valence-corrected chi connectivity index (χ2v) is 4.51. The summed E-state index contributed by atoms with van der Waals surface area (Å²) in [6, 6.07) is 8.58. The van der Waals surface area contributed by atoms with Gasteiger partial charge in [-0.15, -0.1) is 0 Å². The van der Waals surface area contributed by atoms with Crippen molar-refractivity contribution in [1.29, 1.82) is 0 Å². The predicted molar refractivity (Wildman–Crippen MR) is 50.2 cm³/mol. The fourth-order valence-electron chi connectivity index (χ4n) is 0.759. The number of rotatable bonds is 2. The molecule has 0 aliphatic heterocycles. The van der Waals surface area contributed by atoms with Crippen LogP contribution >= 0.6 is 0 Å². The van der Waals surface area contributed by atoms with E-state index in [-0.39, 0.29) is 0 Å². The fourth-order valence-corrected chi connectivity index (χ4v) is 1.97. The van der Waals surface area contributed by atoms with Crippen molar-refractivity contribution in [2.75, 3.05) is 0 Å². The van der Waals surface area contributed by atoms with Crippen molar-refractivity contribution in [3.05, 3.63) is 29.8 Å². The first-order valence-corrected chi connectivity index (χ1v) is 5.52. The van der Waals surface area contributed by atoms with Gasteiger partial charge in [0.15, 0.2) is 0 Å². The number of benzene rings is 1. The third-order valence-corrected chi connectivity index (χ3v) is 3.27. The van der Waals surface area contributed by atoms with E-state index in [1.807, 2.05) is 0 Å². The molecule has 1 aromatic carbocycles. The van der Waals surface area contributed by atoms with E-state index in [1.54, 1.807) is 0 Å². The Kier molecular flexibility index (Phi) is 3.23. The standard InChI is InChI=1S/C10H10Se/c1-3-8-11-10-6-4-9(2)5-7-10/h1,4-7H,8H2,2H3. The predicted octanol–water partition coefficient (Wildman–Crippen LogP) is 1.38. The molecule has 1 heteroatoms. The van der Waals surface area contributed by atoms with E-state index in [2.05, 4.69) is 37.1 Å². The average Bonchev–Trinajstić information content (AvgIpc) is 2.04.